The fourth-order valence-electron chi connectivity index (χ4n) is 3.99. The Labute approximate surface area is 178 Å². The summed E-state index contributed by atoms with van der Waals surface area (Å²) in [7, 11) is -4.32. The normalized spacial score (nSPS) is 24.9. The predicted octanol–water partition coefficient (Wildman–Crippen LogP) is 3.33. The van der Waals surface area contributed by atoms with Crippen molar-refractivity contribution in [2.75, 3.05) is 5.73 Å². The van der Waals surface area contributed by atoms with Gasteiger partial charge in [0.2, 0.25) is 0 Å². The van der Waals surface area contributed by atoms with Gasteiger partial charge in [0, 0.05) is 17.7 Å². The first-order chi connectivity index (χ1) is 13.8. The summed E-state index contributed by atoms with van der Waals surface area (Å²) in [5, 5.41) is 8.57. The molecule has 2 rings (SSSR count). The molecule has 1 aromatic rings. The maximum absolute atomic E-state index is 12.9. The standard InChI is InChI=1S/C20H36N3O6P/c1-7-19(6,25)30(26,27)29-20(8-2,9-3)14(5)15-10-11-16(28-15)23-12-13(4)17(21)22-18(23)24/h12,14-16,25H,7-11H2,1-6H3,(H,26,27)(H2,21,22,24). The number of aryl methyl sites for hydroxylation is 1. The highest BCUT2D eigenvalue weighted by molar-refractivity contribution is 7.54. The van der Waals surface area contributed by atoms with Crippen molar-refractivity contribution in [3.63, 3.8) is 0 Å². The van der Waals surface area contributed by atoms with Crippen molar-refractivity contribution in [2.45, 2.75) is 96.9 Å². The molecule has 0 saturated carbocycles. The lowest BCUT2D eigenvalue weighted by Gasteiger charge is -2.43. The van der Waals surface area contributed by atoms with Crippen LogP contribution in [-0.2, 0) is 13.8 Å². The molecule has 2 heterocycles. The number of nitrogens with zero attached hydrogens (tertiary/aromatic N) is 2. The molecule has 1 aromatic heterocycles. The monoisotopic (exact) mass is 445 g/mol. The van der Waals surface area contributed by atoms with Crippen molar-refractivity contribution in [2.24, 2.45) is 5.92 Å². The van der Waals surface area contributed by atoms with E-state index in [-0.39, 0.29) is 24.3 Å². The minimum Gasteiger partial charge on any atom is -0.383 e. The molecule has 1 fully saturated rings. The highest BCUT2D eigenvalue weighted by Gasteiger charge is 2.51. The molecule has 0 amide bonds. The zero-order valence-corrected chi connectivity index (χ0v) is 19.7. The predicted molar refractivity (Wildman–Crippen MR) is 115 cm³/mol. The summed E-state index contributed by atoms with van der Waals surface area (Å²) in [6.45, 7) is 10.4. The van der Waals surface area contributed by atoms with E-state index < -0.39 is 30.5 Å². The molecule has 5 atom stereocenters. The Kier molecular flexibility index (Phi) is 7.58. The van der Waals surface area contributed by atoms with Crippen LogP contribution >= 0.6 is 7.60 Å². The van der Waals surface area contributed by atoms with Crippen LogP contribution in [0, 0.1) is 12.8 Å². The van der Waals surface area contributed by atoms with Gasteiger partial charge in [0.25, 0.3) is 0 Å². The smallest absolute Gasteiger partial charge is 0.359 e. The molecule has 30 heavy (non-hydrogen) atoms. The van der Waals surface area contributed by atoms with E-state index in [0.29, 0.717) is 31.2 Å². The van der Waals surface area contributed by atoms with Gasteiger partial charge in [0.05, 0.1) is 11.7 Å². The number of aliphatic hydroxyl groups is 1. The molecule has 1 aliphatic heterocycles. The van der Waals surface area contributed by atoms with E-state index in [2.05, 4.69) is 4.98 Å². The summed E-state index contributed by atoms with van der Waals surface area (Å²) in [4.78, 5) is 26.6. The van der Waals surface area contributed by atoms with Crippen LogP contribution in [0.4, 0.5) is 5.82 Å². The summed E-state index contributed by atoms with van der Waals surface area (Å²) in [6, 6.07) is 0. The highest BCUT2D eigenvalue weighted by Crippen LogP contribution is 2.60. The van der Waals surface area contributed by atoms with E-state index in [1.807, 2.05) is 20.8 Å². The molecule has 0 spiro atoms. The van der Waals surface area contributed by atoms with Gasteiger partial charge in [-0.25, -0.2) is 4.79 Å². The molecular formula is C20H36N3O6P. The van der Waals surface area contributed by atoms with Crippen molar-refractivity contribution in [1.29, 1.82) is 0 Å². The number of hydrogen-bond acceptors (Lipinski definition) is 7. The second-order valence-corrected chi connectivity index (χ2v) is 10.6. The Morgan fingerprint density at radius 2 is 1.97 bits per heavy atom. The highest BCUT2D eigenvalue weighted by atomic mass is 31.2. The summed E-state index contributed by atoms with van der Waals surface area (Å²) in [5.74, 6) is -0.0469. The third kappa shape index (κ3) is 4.65. The number of nitrogens with two attached hydrogens (primary N) is 1. The average Bonchev–Trinajstić information content (AvgIpc) is 3.18. The molecule has 5 unspecified atom stereocenters. The number of hydrogen-bond donors (Lipinski definition) is 3. The molecule has 9 nitrogen and oxygen atoms in total. The molecule has 1 aliphatic rings. The third-order valence-electron chi connectivity index (χ3n) is 6.68. The third-order valence-corrected chi connectivity index (χ3v) is 8.83. The van der Waals surface area contributed by atoms with Gasteiger partial charge in [-0.05, 0) is 46.0 Å². The van der Waals surface area contributed by atoms with Crippen molar-refractivity contribution in [3.05, 3.63) is 22.2 Å². The molecule has 0 bridgehead atoms. The van der Waals surface area contributed by atoms with E-state index in [4.69, 9.17) is 15.0 Å². The minimum absolute atomic E-state index is 0.0904. The zero-order valence-electron chi connectivity index (χ0n) is 18.8. The second kappa shape index (κ2) is 9.09. The van der Waals surface area contributed by atoms with Crippen molar-refractivity contribution in [1.82, 2.24) is 9.55 Å². The SMILES string of the molecule is CCC(CC)(OP(=O)(O)C(C)(O)CC)C(C)C1CCC(n2cc(C)c(N)nc2=O)O1. The lowest BCUT2D eigenvalue weighted by Crippen LogP contribution is -2.45. The molecule has 4 N–H and O–H groups in total. The van der Waals surface area contributed by atoms with Gasteiger partial charge in [-0.2, -0.15) is 4.98 Å². The lowest BCUT2D eigenvalue weighted by atomic mass is 9.80. The van der Waals surface area contributed by atoms with Crippen LogP contribution in [-0.4, -0.2) is 36.6 Å². The Hall–Kier alpha value is -1.25. The Morgan fingerprint density at radius 1 is 1.37 bits per heavy atom. The van der Waals surface area contributed by atoms with Gasteiger partial charge in [-0.3, -0.25) is 13.7 Å². The maximum atomic E-state index is 12.9. The Morgan fingerprint density at radius 3 is 2.50 bits per heavy atom. The van der Waals surface area contributed by atoms with Crippen LogP contribution in [0.3, 0.4) is 0 Å². The maximum Gasteiger partial charge on any atom is 0.359 e. The first-order valence-electron chi connectivity index (χ1n) is 10.6. The topological polar surface area (TPSA) is 137 Å². The average molecular weight is 445 g/mol. The molecule has 10 heteroatoms. The number of anilines is 1. The molecular weight excluding hydrogens is 409 g/mol. The van der Waals surface area contributed by atoms with E-state index in [9.17, 15) is 19.4 Å². The van der Waals surface area contributed by atoms with Crippen LogP contribution in [0.5, 0.6) is 0 Å². The van der Waals surface area contributed by atoms with Crippen LogP contribution in [0.1, 0.15) is 78.5 Å². The molecule has 0 aromatic carbocycles. The number of nitrogen functional groups attached to an aromatic ring is 1. The van der Waals surface area contributed by atoms with Gasteiger partial charge >= 0.3 is 13.3 Å². The van der Waals surface area contributed by atoms with Gasteiger partial charge in [0.1, 0.15) is 12.0 Å². The first-order valence-corrected chi connectivity index (χ1v) is 12.2. The first kappa shape index (κ1) is 25.0. The summed E-state index contributed by atoms with van der Waals surface area (Å²) in [6.07, 6.45) is 3.18. The van der Waals surface area contributed by atoms with Crippen LogP contribution in [0.2, 0.25) is 0 Å². The summed E-state index contributed by atoms with van der Waals surface area (Å²) >= 11 is 0. The summed E-state index contributed by atoms with van der Waals surface area (Å²) in [5.41, 5.74) is 4.98. The van der Waals surface area contributed by atoms with Crippen LogP contribution in [0.25, 0.3) is 0 Å². The van der Waals surface area contributed by atoms with E-state index in [0.717, 1.165) is 0 Å². The van der Waals surface area contributed by atoms with E-state index in [1.165, 1.54) is 11.5 Å². The van der Waals surface area contributed by atoms with Gasteiger partial charge in [-0.1, -0.05) is 27.7 Å². The van der Waals surface area contributed by atoms with Crippen LogP contribution < -0.4 is 11.4 Å². The Bertz CT molecular complexity index is 851. The van der Waals surface area contributed by atoms with Crippen molar-refractivity contribution in [3.8, 4) is 0 Å². The van der Waals surface area contributed by atoms with Gasteiger partial charge in [0.15, 0.2) is 5.34 Å². The van der Waals surface area contributed by atoms with Crippen LogP contribution in [0.15, 0.2) is 11.0 Å². The number of rotatable bonds is 9. The molecule has 0 aliphatic carbocycles. The molecule has 172 valence electrons. The van der Waals surface area contributed by atoms with E-state index >= 15 is 0 Å². The lowest BCUT2D eigenvalue weighted by molar-refractivity contribution is -0.0975. The molecule has 1 saturated heterocycles. The quantitative estimate of drug-likeness (QED) is 0.492. The minimum atomic E-state index is -4.32. The van der Waals surface area contributed by atoms with Crippen molar-refractivity contribution >= 4 is 13.4 Å². The van der Waals surface area contributed by atoms with Gasteiger partial charge < -0.3 is 20.5 Å². The fraction of sp³-hybridized carbons (Fsp3) is 0.800. The van der Waals surface area contributed by atoms with Crippen molar-refractivity contribution < 1.29 is 23.8 Å². The van der Waals surface area contributed by atoms with Gasteiger partial charge in [-0.15, -0.1) is 0 Å². The summed E-state index contributed by atoms with van der Waals surface area (Å²) < 4.78 is 26.4. The largest absolute Gasteiger partial charge is 0.383 e. The zero-order chi connectivity index (χ0) is 22.9. The number of ether oxygens (including phenoxy) is 1. The van der Waals surface area contributed by atoms with E-state index in [1.54, 1.807) is 20.0 Å². The fourth-order valence-corrected chi connectivity index (χ4v) is 5.51. The number of aromatic nitrogens is 2. The Balaban J connectivity index is 2.27. The second-order valence-electron chi connectivity index (χ2n) is 8.45. The molecule has 0 radical (unpaired) electrons.